The van der Waals surface area contributed by atoms with Gasteiger partial charge in [-0.05, 0) is 53.3 Å². The average molecular weight is 486 g/mol. The first kappa shape index (κ1) is 21.1. The van der Waals surface area contributed by atoms with Gasteiger partial charge in [0, 0.05) is 27.8 Å². The van der Waals surface area contributed by atoms with Crippen LogP contribution < -0.4 is 11.5 Å². The van der Waals surface area contributed by atoms with Crippen LogP contribution in [0.5, 0.6) is 0 Å². The zero-order valence-corrected chi connectivity index (χ0v) is 17.9. The van der Waals surface area contributed by atoms with Crippen molar-refractivity contribution >= 4 is 44.7 Å². The van der Waals surface area contributed by atoms with Gasteiger partial charge in [0.2, 0.25) is 5.91 Å². The molecule has 1 aromatic heterocycles. The number of nitrogens with two attached hydrogens (primary N) is 2. The molecule has 0 spiro atoms. The number of nitrogens with one attached hydrogen (secondary N) is 1. The van der Waals surface area contributed by atoms with Gasteiger partial charge in [-0.2, -0.15) is 0 Å². The van der Waals surface area contributed by atoms with Gasteiger partial charge in [-0.1, -0.05) is 28.1 Å². The van der Waals surface area contributed by atoms with E-state index in [1.165, 1.54) is 6.07 Å². The van der Waals surface area contributed by atoms with Gasteiger partial charge in [0.1, 0.15) is 5.69 Å². The number of aromatic amines is 1. The number of rotatable bonds is 6. The summed E-state index contributed by atoms with van der Waals surface area (Å²) in [7, 11) is 0. The molecule has 2 unspecified atom stereocenters. The summed E-state index contributed by atoms with van der Waals surface area (Å²) in [5, 5.41) is 20.3. The van der Waals surface area contributed by atoms with Crippen LogP contribution in [0.1, 0.15) is 61.4 Å². The molecule has 0 aliphatic heterocycles. The first-order valence-corrected chi connectivity index (χ1v) is 10.4. The van der Waals surface area contributed by atoms with Gasteiger partial charge in [0.15, 0.2) is 0 Å². The van der Waals surface area contributed by atoms with Crippen molar-refractivity contribution in [2.24, 2.45) is 11.5 Å². The highest BCUT2D eigenvalue weighted by molar-refractivity contribution is 9.10. The molecular weight excluding hydrogens is 466 g/mol. The van der Waals surface area contributed by atoms with Crippen molar-refractivity contribution in [1.29, 1.82) is 0 Å². The van der Waals surface area contributed by atoms with Crippen molar-refractivity contribution in [2.45, 2.75) is 31.2 Å². The highest BCUT2D eigenvalue weighted by Gasteiger charge is 2.39. The number of H-pyrrole nitrogens is 1. The normalized spacial score (nSPS) is 16.3. The van der Waals surface area contributed by atoms with Crippen LogP contribution in [0.4, 0.5) is 0 Å². The van der Waals surface area contributed by atoms with Gasteiger partial charge in [-0.25, -0.2) is 9.59 Å². The number of carbonyl (C=O) groups is 3. The summed E-state index contributed by atoms with van der Waals surface area (Å²) in [6.07, 6.45) is 1.04. The molecule has 0 saturated carbocycles. The molecule has 1 aliphatic carbocycles. The van der Waals surface area contributed by atoms with E-state index in [1.807, 2.05) is 6.07 Å². The van der Waals surface area contributed by atoms with Crippen LogP contribution in [-0.2, 0) is 17.8 Å². The number of amides is 1. The first-order chi connectivity index (χ1) is 14.7. The Morgan fingerprint density at radius 3 is 2.52 bits per heavy atom. The Balaban J connectivity index is 1.98. The first-order valence-electron chi connectivity index (χ1n) is 9.65. The van der Waals surface area contributed by atoms with E-state index in [0.717, 1.165) is 15.4 Å². The Morgan fingerprint density at radius 2 is 1.90 bits per heavy atom. The minimum absolute atomic E-state index is 0.0132. The summed E-state index contributed by atoms with van der Waals surface area (Å²) in [4.78, 5) is 39.6. The van der Waals surface area contributed by atoms with Crippen LogP contribution in [0.3, 0.4) is 0 Å². The van der Waals surface area contributed by atoms with Crippen LogP contribution in [0, 0.1) is 0 Å². The predicted octanol–water partition coefficient (Wildman–Crippen LogP) is 3.08. The lowest BCUT2D eigenvalue weighted by Crippen LogP contribution is -2.30. The van der Waals surface area contributed by atoms with Gasteiger partial charge >= 0.3 is 11.9 Å². The van der Waals surface area contributed by atoms with Crippen molar-refractivity contribution in [1.82, 2.24) is 4.98 Å². The third-order valence-corrected chi connectivity index (χ3v) is 6.38. The van der Waals surface area contributed by atoms with Crippen molar-refractivity contribution in [3.8, 4) is 0 Å². The maximum Gasteiger partial charge on any atom is 0.352 e. The second kappa shape index (κ2) is 7.82. The number of benzene rings is 2. The number of aromatic carboxylic acids is 2. The lowest BCUT2D eigenvalue weighted by Gasteiger charge is -2.30. The molecule has 4 rings (SSSR count). The quantitative estimate of drug-likeness (QED) is 0.360. The molecule has 0 bridgehead atoms. The zero-order chi connectivity index (χ0) is 22.4. The molecule has 9 heteroatoms. The molecule has 0 saturated heterocycles. The molecule has 0 radical (unpaired) electrons. The Morgan fingerprint density at radius 1 is 1.16 bits per heavy atom. The third-order valence-electron chi connectivity index (χ3n) is 5.92. The lowest BCUT2D eigenvalue weighted by atomic mass is 9.72. The molecule has 2 aromatic carbocycles. The Hall–Kier alpha value is -3.17. The second-order valence-corrected chi connectivity index (χ2v) is 8.58. The molecule has 3 aromatic rings. The van der Waals surface area contributed by atoms with E-state index in [1.54, 1.807) is 18.2 Å². The minimum Gasteiger partial charge on any atom is -0.478 e. The number of carboxylic acids is 2. The highest BCUT2D eigenvalue weighted by atomic mass is 79.9. The van der Waals surface area contributed by atoms with Crippen molar-refractivity contribution in [3.63, 3.8) is 0 Å². The lowest BCUT2D eigenvalue weighted by molar-refractivity contribution is -0.120. The van der Waals surface area contributed by atoms with Crippen molar-refractivity contribution in [2.75, 3.05) is 0 Å². The van der Waals surface area contributed by atoms with Crippen LogP contribution in [0.15, 0.2) is 34.8 Å². The predicted molar refractivity (Wildman–Crippen MR) is 117 cm³/mol. The van der Waals surface area contributed by atoms with E-state index >= 15 is 0 Å². The van der Waals surface area contributed by atoms with E-state index < -0.39 is 29.7 Å². The standard InChI is InChI=1S/C22H20BrN3O5/c23-11-6-10-2-4-13(18-16(10)15(7-11)26-19(18)22(30)31)17(20(25)27)12-3-1-9(8-24)5-14(12)21(28)29/h1,3,5-7,13,17,26H,2,4,8,24H2,(H2,25,27)(H,28,29)(H,30,31). The number of hydrogen-bond donors (Lipinski definition) is 5. The van der Waals surface area contributed by atoms with E-state index in [0.29, 0.717) is 29.5 Å². The summed E-state index contributed by atoms with van der Waals surface area (Å²) < 4.78 is 0.815. The Bertz CT molecular complexity index is 1250. The monoisotopic (exact) mass is 485 g/mol. The fraction of sp³-hybridized carbons (Fsp3) is 0.227. The maximum absolute atomic E-state index is 12.7. The second-order valence-electron chi connectivity index (χ2n) is 7.66. The molecule has 2 atom stereocenters. The molecular formula is C22H20BrN3O5. The van der Waals surface area contributed by atoms with Crippen LogP contribution in [-0.4, -0.2) is 33.0 Å². The smallest absolute Gasteiger partial charge is 0.352 e. The molecule has 7 N–H and O–H groups in total. The van der Waals surface area contributed by atoms with E-state index in [4.69, 9.17) is 11.5 Å². The fourth-order valence-corrected chi connectivity index (χ4v) is 5.19. The number of halogens is 1. The molecule has 160 valence electrons. The minimum atomic E-state index is -1.20. The number of hydrogen-bond acceptors (Lipinski definition) is 4. The topological polar surface area (TPSA) is 160 Å². The molecule has 1 amide bonds. The largest absolute Gasteiger partial charge is 0.478 e. The highest BCUT2D eigenvalue weighted by Crippen LogP contribution is 2.47. The number of aryl methyl sites for hydroxylation is 1. The van der Waals surface area contributed by atoms with Crippen LogP contribution in [0.25, 0.3) is 10.9 Å². The molecule has 31 heavy (non-hydrogen) atoms. The van der Waals surface area contributed by atoms with Gasteiger partial charge in [-0.15, -0.1) is 0 Å². The summed E-state index contributed by atoms with van der Waals surface area (Å²) in [6, 6.07) is 8.37. The molecule has 1 heterocycles. The van der Waals surface area contributed by atoms with Crippen LogP contribution in [0.2, 0.25) is 0 Å². The SMILES string of the molecule is NCc1ccc(C(C(N)=O)C2CCc3cc(Br)cc4[nH]c(C(=O)O)c2c34)c(C(=O)O)c1. The molecule has 0 fully saturated rings. The molecule has 8 nitrogen and oxygen atoms in total. The maximum atomic E-state index is 12.7. The summed E-state index contributed by atoms with van der Waals surface area (Å²) in [5.41, 5.74) is 14.3. The summed E-state index contributed by atoms with van der Waals surface area (Å²) in [5.74, 6) is -4.66. The van der Waals surface area contributed by atoms with Gasteiger partial charge in [0.05, 0.1) is 11.5 Å². The Kier molecular flexibility index (Phi) is 5.32. The van der Waals surface area contributed by atoms with Gasteiger partial charge in [0.25, 0.3) is 0 Å². The van der Waals surface area contributed by atoms with E-state index in [2.05, 4.69) is 20.9 Å². The zero-order valence-electron chi connectivity index (χ0n) is 16.3. The Labute approximate surface area is 185 Å². The van der Waals surface area contributed by atoms with Gasteiger partial charge in [-0.3, -0.25) is 4.79 Å². The number of primary amides is 1. The van der Waals surface area contributed by atoms with Crippen LogP contribution >= 0.6 is 15.9 Å². The van der Waals surface area contributed by atoms with Crippen molar-refractivity contribution < 1.29 is 24.6 Å². The molecule has 1 aliphatic rings. The third kappa shape index (κ3) is 3.49. The number of carbonyl (C=O) groups excluding carboxylic acids is 1. The van der Waals surface area contributed by atoms with Gasteiger partial charge < -0.3 is 26.7 Å². The summed E-state index contributed by atoms with van der Waals surface area (Å²) >= 11 is 3.45. The fourth-order valence-electron chi connectivity index (χ4n) is 4.69. The average Bonchev–Trinajstić information content (AvgIpc) is 3.10. The van der Waals surface area contributed by atoms with Crippen molar-refractivity contribution in [3.05, 3.63) is 68.3 Å². The van der Waals surface area contributed by atoms with E-state index in [-0.39, 0.29) is 23.4 Å². The summed E-state index contributed by atoms with van der Waals surface area (Å²) in [6.45, 7) is 0.148. The number of aromatic nitrogens is 1. The number of carboxylic acid groups (broad SMARTS) is 2. The van der Waals surface area contributed by atoms with E-state index in [9.17, 15) is 24.6 Å².